The monoisotopic (exact) mass is 235 g/mol. The number of carbonyl (C=O) groups is 2. The van der Waals surface area contributed by atoms with Crippen LogP contribution in [0.5, 0.6) is 0 Å². The molecule has 0 saturated carbocycles. The summed E-state index contributed by atoms with van der Waals surface area (Å²) < 4.78 is 0. The Morgan fingerprint density at radius 2 is 1.88 bits per heavy atom. The second kappa shape index (κ2) is 6.00. The highest BCUT2D eigenvalue weighted by Crippen LogP contribution is 2.08. The highest BCUT2D eigenvalue weighted by atomic mass is 16.2. The maximum atomic E-state index is 11.7. The van der Waals surface area contributed by atoms with Crippen molar-refractivity contribution >= 4 is 11.8 Å². The van der Waals surface area contributed by atoms with E-state index in [0.29, 0.717) is 0 Å². The van der Waals surface area contributed by atoms with Crippen LogP contribution < -0.4 is 11.1 Å². The molecule has 0 aromatic heterocycles. The lowest BCUT2D eigenvalue weighted by atomic mass is 10.1. The van der Waals surface area contributed by atoms with Crippen LogP contribution in [0.15, 0.2) is 30.3 Å². The van der Waals surface area contributed by atoms with Crippen molar-refractivity contribution in [2.75, 3.05) is 20.6 Å². The molecule has 0 heterocycles. The van der Waals surface area contributed by atoms with Crippen molar-refractivity contribution in [2.45, 2.75) is 6.04 Å². The summed E-state index contributed by atoms with van der Waals surface area (Å²) in [6.07, 6.45) is 0. The maximum Gasteiger partial charge on any atom is 0.241 e. The first-order valence-electron chi connectivity index (χ1n) is 5.30. The van der Waals surface area contributed by atoms with Gasteiger partial charge in [-0.2, -0.15) is 0 Å². The molecule has 0 aliphatic carbocycles. The summed E-state index contributed by atoms with van der Waals surface area (Å²) in [4.78, 5) is 24.4. The number of benzene rings is 1. The van der Waals surface area contributed by atoms with Crippen LogP contribution >= 0.6 is 0 Å². The average molecular weight is 235 g/mol. The summed E-state index contributed by atoms with van der Waals surface area (Å²) in [5, 5.41) is 2.51. The van der Waals surface area contributed by atoms with Gasteiger partial charge in [0, 0.05) is 14.1 Å². The van der Waals surface area contributed by atoms with Crippen molar-refractivity contribution in [3.05, 3.63) is 35.9 Å². The van der Waals surface area contributed by atoms with Gasteiger partial charge in [0.2, 0.25) is 11.8 Å². The van der Waals surface area contributed by atoms with Crippen molar-refractivity contribution in [1.82, 2.24) is 10.2 Å². The summed E-state index contributed by atoms with van der Waals surface area (Å²) >= 11 is 0. The van der Waals surface area contributed by atoms with E-state index in [1.165, 1.54) is 4.90 Å². The third kappa shape index (κ3) is 3.88. The van der Waals surface area contributed by atoms with Gasteiger partial charge in [-0.15, -0.1) is 0 Å². The van der Waals surface area contributed by atoms with E-state index in [1.807, 2.05) is 18.2 Å². The van der Waals surface area contributed by atoms with Crippen molar-refractivity contribution in [3.8, 4) is 0 Å². The molecule has 5 nitrogen and oxygen atoms in total. The summed E-state index contributed by atoms with van der Waals surface area (Å²) in [7, 11) is 3.26. The number of carbonyl (C=O) groups excluding carboxylic acids is 2. The average Bonchev–Trinajstić information content (AvgIpc) is 2.35. The highest BCUT2D eigenvalue weighted by Gasteiger charge is 2.16. The number of likely N-dealkylation sites (N-methyl/N-ethyl adjacent to an activating group) is 1. The fraction of sp³-hybridized carbons (Fsp3) is 0.333. The van der Waals surface area contributed by atoms with Gasteiger partial charge in [0.1, 0.15) is 6.04 Å². The van der Waals surface area contributed by atoms with E-state index in [4.69, 9.17) is 5.73 Å². The minimum absolute atomic E-state index is 0.0354. The molecule has 0 fully saturated rings. The molecule has 1 atom stereocenters. The van der Waals surface area contributed by atoms with Gasteiger partial charge < -0.3 is 16.0 Å². The van der Waals surface area contributed by atoms with Gasteiger partial charge in [0.15, 0.2) is 0 Å². The van der Waals surface area contributed by atoms with Gasteiger partial charge >= 0.3 is 0 Å². The SMILES string of the molecule is CN(C)C(=O)CNC(=O)C(N)c1ccccc1. The molecule has 92 valence electrons. The van der Waals surface area contributed by atoms with Crippen LogP contribution in [0.2, 0.25) is 0 Å². The fourth-order valence-corrected chi connectivity index (χ4v) is 1.24. The van der Waals surface area contributed by atoms with Crippen LogP contribution in [0.3, 0.4) is 0 Å². The zero-order valence-electron chi connectivity index (χ0n) is 10.0. The molecule has 17 heavy (non-hydrogen) atoms. The predicted molar refractivity (Wildman–Crippen MR) is 65.1 cm³/mol. The van der Waals surface area contributed by atoms with Gasteiger partial charge in [-0.05, 0) is 5.56 Å². The molecule has 0 bridgehead atoms. The third-order valence-electron chi connectivity index (χ3n) is 2.35. The molecule has 3 N–H and O–H groups in total. The van der Waals surface area contributed by atoms with Gasteiger partial charge in [0.25, 0.3) is 0 Å². The Morgan fingerprint density at radius 1 is 1.29 bits per heavy atom. The van der Waals surface area contributed by atoms with E-state index in [0.717, 1.165) is 5.56 Å². The molecular weight excluding hydrogens is 218 g/mol. The predicted octanol–water partition coefficient (Wildman–Crippen LogP) is -0.109. The lowest BCUT2D eigenvalue weighted by molar-refractivity contribution is -0.131. The molecule has 1 unspecified atom stereocenters. The second-order valence-electron chi connectivity index (χ2n) is 3.89. The summed E-state index contributed by atoms with van der Waals surface area (Å²) in [6.45, 7) is -0.0354. The molecule has 2 amide bonds. The number of rotatable bonds is 4. The standard InChI is InChI=1S/C12H17N3O2/c1-15(2)10(16)8-14-12(17)11(13)9-6-4-3-5-7-9/h3-7,11H,8,13H2,1-2H3,(H,14,17). The van der Waals surface area contributed by atoms with Crippen molar-refractivity contribution in [1.29, 1.82) is 0 Å². The van der Waals surface area contributed by atoms with Gasteiger partial charge in [-0.3, -0.25) is 9.59 Å². The Kier molecular flexibility index (Phi) is 4.66. The molecular formula is C12H17N3O2. The molecule has 5 heteroatoms. The van der Waals surface area contributed by atoms with Gasteiger partial charge in [0.05, 0.1) is 6.54 Å². The van der Waals surface area contributed by atoms with Crippen LogP contribution in [0.1, 0.15) is 11.6 Å². The number of nitrogens with one attached hydrogen (secondary N) is 1. The zero-order chi connectivity index (χ0) is 12.8. The van der Waals surface area contributed by atoms with Crippen LogP contribution in [0.4, 0.5) is 0 Å². The van der Waals surface area contributed by atoms with E-state index < -0.39 is 6.04 Å². The Morgan fingerprint density at radius 3 is 2.41 bits per heavy atom. The molecule has 0 radical (unpaired) electrons. The van der Waals surface area contributed by atoms with E-state index >= 15 is 0 Å². The van der Waals surface area contributed by atoms with Crippen molar-refractivity contribution in [3.63, 3.8) is 0 Å². The van der Waals surface area contributed by atoms with Crippen LogP contribution in [0, 0.1) is 0 Å². The van der Waals surface area contributed by atoms with Crippen molar-refractivity contribution in [2.24, 2.45) is 5.73 Å². The number of hydrogen-bond acceptors (Lipinski definition) is 3. The topological polar surface area (TPSA) is 75.4 Å². The molecule has 1 aromatic carbocycles. The fourth-order valence-electron chi connectivity index (χ4n) is 1.24. The Labute approximate surface area is 101 Å². The molecule has 1 aromatic rings. The molecule has 0 saturated heterocycles. The van der Waals surface area contributed by atoms with Gasteiger partial charge in [-0.1, -0.05) is 30.3 Å². The molecule has 0 aliphatic heterocycles. The first-order chi connectivity index (χ1) is 8.02. The first-order valence-corrected chi connectivity index (χ1v) is 5.30. The Bertz CT molecular complexity index is 390. The quantitative estimate of drug-likeness (QED) is 0.764. The minimum Gasteiger partial charge on any atom is -0.347 e. The lowest BCUT2D eigenvalue weighted by Crippen LogP contribution is -2.40. The highest BCUT2D eigenvalue weighted by molar-refractivity contribution is 5.87. The number of nitrogens with two attached hydrogens (primary N) is 1. The first kappa shape index (κ1) is 13.2. The molecule has 0 spiro atoms. The lowest BCUT2D eigenvalue weighted by Gasteiger charge is -2.14. The van der Waals surface area contributed by atoms with Crippen LogP contribution in [0.25, 0.3) is 0 Å². The summed E-state index contributed by atoms with van der Waals surface area (Å²) in [5.74, 6) is -0.523. The number of hydrogen-bond donors (Lipinski definition) is 2. The molecule has 0 aliphatic rings. The van der Waals surface area contributed by atoms with Crippen molar-refractivity contribution < 1.29 is 9.59 Å². The number of amides is 2. The smallest absolute Gasteiger partial charge is 0.241 e. The largest absolute Gasteiger partial charge is 0.347 e. The van der Waals surface area contributed by atoms with Crippen LogP contribution in [-0.4, -0.2) is 37.4 Å². The summed E-state index contributed by atoms with van der Waals surface area (Å²) in [6, 6.07) is 8.28. The minimum atomic E-state index is -0.744. The Hall–Kier alpha value is -1.88. The van der Waals surface area contributed by atoms with E-state index in [2.05, 4.69) is 5.32 Å². The van der Waals surface area contributed by atoms with E-state index in [1.54, 1.807) is 26.2 Å². The Balaban J connectivity index is 2.51. The maximum absolute atomic E-state index is 11.7. The van der Waals surface area contributed by atoms with Crippen LogP contribution in [-0.2, 0) is 9.59 Å². The summed E-state index contributed by atoms with van der Waals surface area (Å²) in [5.41, 5.74) is 6.49. The van der Waals surface area contributed by atoms with E-state index in [-0.39, 0.29) is 18.4 Å². The zero-order valence-corrected chi connectivity index (χ0v) is 10.0. The van der Waals surface area contributed by atoms with Gasteiger partial charge in [-0.25, -0.2) is 0 Å². The second-order valence-corrected chi connectivity index (χ2v) is 3.89. The molecule has 1 rings (SSSR count). The van der Waals surface area contributed by atoms with E-state index in [9.17, 15) is 9.59 Å². The third-order valence-corrected chi connectivity index (χ3v) is 2.35. The normalized spacial score (nSPS) is 11.7. The number of nitrogens with zero attached hydrogens (tertiary/aromatic N) is 1.